The van der Waals surface area contributed by atoms with Crippen LogP contribution < -0.4 is 15.4 Å². The van der Waals surface area contributed by atoms with E-state index in [4.69, 9.17) is 10.5 Å². The lowest BCUT2D eigenvalue weighted by molar-refractivity contribution is 0.394. The van der Waals surface area contributed by atoms with E-state index in [1.807, 2.05) is 0 Å². The summed E-state index contributed by atoms with van der Waals surface area (Å²) in [6.07, 6.45) is 5.63. The molecule has 1 fully saturated rings. The van der Waals surface area contributed by atoms with E-state index in [9.17, 15) is 0 Å². The maximum atomic E-state index is 5.72. The molecule has 1 saturated heterocycles. The maximum Gasteiger partial charge on any atom is 0.179 e. The molecule has 0 spiro atoms. The number of nitrogens with zero attached hydrogens (tertiary/aromatic N) is 3. The number of piperidine rings is 1. The number of methoxy groups -OCH3 is 1. The van der Waals surface area contributed by atoms with Gasteiger partial charge in [-0.3, -0.25) is 0 Å². The number of ether oxygens (including phenoxy) is 1. The van der Waals surface area contributed by atoms with Gasteiger partial charge in [0.2, 0.25) is 0 Å². The van der Waals surface area contributed by atoms with Crippen LogP contribution in [0.5, 0.6) is 5.75 Å². The smallest absolute Gasteiger partial charge is 0.179 e. The Balaban J connectivity index is 2.16. The van der Waals surface area contributed by atoms with Gasteiger partial charge in [-0.25, -0.2) is 9.97 Å². The molecule has 16 heavy (non-hydrogen) atoms. The first-order chi connectivity index (χ1) is 7.85. The van der Waals surface area contributed by atoms with Crippen LogP contribution in [0.15, 0.2) is 12.5 Å². The Morgan fingerprint density at radius 2 is 2.50 bits per heavy atom. The molecule has 1 aliphatic heterocycles. The number of hydrogen-bond donors (Lipinski definition) is 1. The first kappa shape index (κ1) is 11.1. The Hall–Kier alpha value is -1.36. The van der Waals surface area contributed by atoms with Gasteiger partial charge < -0.3 is 15.4 Å². The fraction of sp³-hybridized carbons (Fsp3) is 0.636. The van der Waals surface area contributed by atoms with Gasteiger partial charge in [0, 0.05) is 13.1 Å². The fourth-order valence-electron chi connectivity index (χ4n) is 2.14. The molecule has 88 valence electrons. The molecule has 1 atom stereocenters. The summed E-state index contributed by atoms with van der Waals surface area (Å²) >= 11 is 0. The van der Waals surface area contributed by atoms with Crippen molar-refractivity contribution < 1.29 is 4.74 Å². The van der Waals surface area contributed by atoms with Crippen molar-refractivity contribution in [2.24, 2.45) is 11.7 Å². The van der Waals surface area contributed by atoms with E-state index in [1.165, 1.54) is 6.42 Å². The number of anilines is 1. The van der Waals surface area contributed by atoms with Crippen molar-refractivity contribution in [2.75, 3.05) is 31.6 Å². The SMILES string of the molecule is COc1cncnc1N1CCCC(CN)C1. The first-order valence-corrected chi connectivity index (χ1v) is 5.64. The van der Waals surface area contributed by atoms with Crippen LogP contribution in [-0.2, 0) is 0 Å². The molecule has 0 aliphatic carbocycles. The third-order valence-corrected chi connectivity index (χ3v) is 3.03. The van der Waals surface area contributed by atoms with Crippen LogP contribution in [0.3, 0.4) is 0 Å². The second-order valence-corrected chi connectivity index (χ2v) is 4.10. The average Bonchev–Trinajstić information content (AvgIpc) is 2.38. The molecule has 0 amide bonds. The van der Waals surface area contributed by atoms with E-state index >= 15 is 0 Å². The van der Waals surface area contributed by atoms with Gasteiger partial charge in [0.15, 0.2) is 11.6 Å². The third-order valence-electron chi connectivity index (χ3n) is 3.03. The summed E-state index contributed by atoms with van der Waals surface area (Å²) in [5.74, 6) is 2.18. The molecule has 1 unspecified atom stereocenters. The Bertz CT molecular complexity index is 345. The van der Waals surface area contributed by atoms with Gasteiger partial charge in [0.25, 0.3) is 0 Å². The van der Waals surface area contributed by atoms with Crippen LogP contribution in [0.4, 0.5) is 5.82 Å². The minimum absolute atomic E-state index is 0.563. The lowest BCUT2D eigenvalue weighted by Crippen LogP contribution is -2.39. The highest BCUT2D eigenvalue weighted by Crippen LogP contribution is 2.27. The highest BCUT2D eigenvalue weighted by Gasteiger charge is 2.22. The van der Waals surface area contributed by atoms with E-state index in [1.54, 1.807) is 19.6 Å². The molecule has 0 aromatic carbocycles. The Morgan fingerprint density at radius 3 is 3.25 bits per heavy atom. The molecule has 0 saturated carbocycles. The summed E-state index contributed by atoms with van der Waals surface area (Å²) in [7, 11) is 1.65. The van der Waals surface area contributed by atoms with Gasteiger partial charge in [-0.2, -0.15) is 0 Å². The van der Waals surface area contributed by atoms with Crippen LogP contribution in [0.25, 0.3) is 0 Å². The van der Waals surface area contributed by atoms with Crippen molar-refractivity contribution in [3.8, 4) is 5.75 Å². The number of hydrogen-bond acceptors (Lipinski definition) is 5. The summed E-state index contributed by atoms with van der Waals surface area (Å²) in [6.45, 7) is 2.72. The van der Waals surface area contributed by atoms with Crippen molar-refractivity contribution in [1.29, 1.82) is 0 Å². The molecule has 2 N–H and O–H groups in total. The lowest BCUT2D eigenvalue weighted by atomic mass is 9.98. The second-order valence-electron chi connectivity index (χ2n) is 4.10. The van der Waals surface area contributed by atoms with Gasteiger partial charge in [0.05, 0.1) is 13.3 Å². The van der Waals surface area contributed by atoms with Gasteiger partial charge in [-0.1, -0.05) is 0 Å². The second kappa shape index (κ2) is 5.12. The molecule has 5 nitrogen and oxygen atoms in total. The summed E-state index contributed by atoms with van der Waals surface area (Å²) in [6, 6.07) is 0. The minimum atomic E-state index is 0.563. The zero-order valence-corrected chi connectivity index (χ0v) is 9.59. The Kier molecular flexibility index (Phi) is 3.56. The number of rotatable bonds is 3. The first-order valence-electron chi connectivity index (χ1n) is 5.64. The number of nitrogens with two attached hydrogens (primary N) is 1. The largest absolute Gasteiger partial charge is 0.491 e. The van der Waals surface area contributed by atoms with Crippen LogP contribution >= 0.6 is 0 Å². The summed E-state index contributed by atoms with van der Waals surface area (Å²) in [5, 5.41) is 0. The van der Waals surface area contributed by atoms with Gasteiger partial charge >= 0.3 is 0 Å². The van der Waals surface area contributed by atoms with Crippen molar-refractivity contribution in [3.05, 3.63) is 12.5 Å². The van der Waals surface area contributed by atoms with Crippen LogP contribution in [0, 0.1) is 5.92 Å². The van der Waals surface area contributed by atoms with Crippen molar-refractivity contribution >= 4 is 5.82 Å². The normalized spacial score (nSPS) is 20.9. The molecule has 2 rings (SSSR count). The van der Waals surface area contributed by atoms with Crippen LogP contribution in [0.2, 0.25) is 0 Å². The highest BCUT2D eigenvalue weighted by atomic mass is 16.5. The van der Waals surface area contributed by atoms with Crippen molar-refractivity contribution in [1.82, 2.24) is 9.97 Å². The molecule has 2 heterocycles. The van der Waals surface area contributed by atoms with E-state index in [2.05, 4.69) is 14.9 Å². The molecular formula is C11H18N4O. The predicted molar refractivity (Wildman–Crippen MR) is 62.6 cm³/mol. The zero-order valence-electron chi connectivity index (χ0n) is 9.59. The van der Waals surface area contributed by atoms with Gasteiger partial charge in [-0.15, -0.1) is 0 Å². The molecule has 1 aromatic rings. The molecule has 0 bridgehead atoms. The monoisotopic (exact) mass is 222 g/mol. The average molecular weight is 222 g/mol. The highest BCUT2D eigenvalue weighted by molar-refractivity contribution is 5.50. The molecule has 5 heteroatoms. The topological polar surface area (TPSA) is 64.3 Å². The lowest BCUT2D eigenvalue weighted by Gasteiger charge is -2.33. The van der Waals surface area contributed by atoms with E-state index < -0.39 is 0 Å². The minimum Gasteiger partial charge on any atom is -0.491 e. The molecular weight excluding hydrogens is 204 g/mol. The Morgan fingerprint density at radius 1 is 1.62 bits per heavy atom. The van der Waals surface area contributed by atoms with Gasteiger partial charge in [0.1, 0.15) is 6.33 Å². The van der Waals surface area contributed by atoms with Gasteiger partial charge in [-0.05, 0) is 25.3 Å². The van der Waals surface area contributed by atoms with Crippen LogP contribution in [-0.4, -0.2) is 36.7 Å². The summed E-state index contributed by atoms with van der Waals surface area (Å²) in [4.78, 5) is 10.5. The molecule has 1 aliphatic rings. The summed E-state index contributed by atoms with van der Waals surface area (Å²) < 4.78 is 5.27. The summed E-state index contributed by atoms with van der Waals surface area (Å²) in [5.41, 5.74) is 5.72. The standard InChI is InChI=1S/C11H18N4O/c1-16-10-6-13-8-14-11(10)15-4-2-3-9(5-12)7-15/h6,8-9H,2-5,7,12H2,1H3. The quantitative estimate of drug-likeness (QED) is 0.814. The maximum absolute atomic E-state index is 5.72. The molecule has 0 radical (unpaired) electrons. The molecule has 1 aromatic heterocycles. The van der Waals surface area contributed by atoms with Crippen LogP contribution in [0.1, 0.15) is 12.8 Å². The third kappa shape index (κ3) is 2.24. The number of aromatic nitrogens is 2. The predicted octanol–water partition coefficient (Wildman–Crippen LogP) is 0.660. The fourth-order valence-corrected chi connectivity index (χ4v) is 2.14. The van der Waals surface area contributed by atoms with E-state index in [-0.39, 0.29) is 0 Å². The van der Waals surface area contributed by atoms with E-state index in [0.29, 0.717) is 5.92 Å². The van der Waals surface area contributed by atoms with E-state index in [0.717, 1.165) is 37.6 Å². The zero-order chi connectivity index (χ0) is 11.4. The van der Waals surface area contributed by atoms with Crippen molar-refractivity contribution in [3.63, 3.8) is 0 Å². The Labute approximate surface area is 95.6 Å². The van der Waals surface area contributed by atoms with Crippen molar-refractivity contribution in [2.45, 2.75) is 12.8 Å².